The molecule has 0 saturated heterocycles. The fourth-order valence-electron chi connectivity index (χ4n) is 1.34. The number of amides is 1. The maximum atomic E-state index is 13.4. The van der Waals surface area contributed by atoms with E-state index in [9.17, 15) is 9.18 Å². The molecule has 0 aliphatic rings. The smallest absolute Gasteiger partial charge is 0.258 e. The normalized spacial score (nSPS) is 10.2. The molecule has 0 aliphatic carbocycles. The standard InChI is InChI=1S/C12H7Br2FN2O/c13-7-1-2-9(14)11(5-7)17-12(18)8-3-4-16-6-10(8)15/h1-6H,(H,17,18). The Labute approximate surface area is 120 Å². The van der Waals surface area contributed by atoms with E-state index < -0.39 is 11.7 Å². The van der Waals surface area contributed by atoms with E-state index in [0.717, 1.165) is 10.7 Å². The number of nitrogens with one attached hydrogen (secondary N) is 1. The highest BCUT2D eigenvalue weighted by molar-refractivity contribution is 9.11. The van der Waals surface area contributed by atoms with Crippen LogP contribution in [0.15, 0.2) is 45.6 Å². The molecule has 2 rings (SSSR count). The molecule has 1 heterocycles. The average molecular weight is 374 g/mol. The van der Waals surface area contributed by atoms with Crippen LogP contribution in [-0.4, -0.2) is 10.9 Å². The third-order valence-corrected chi connectivity index (χ3v) is 3.38. The van der Waals surface area contributed by atoms with Gasteiger partial charge in [-0.2, -0.15) is 0 Å². The molecule has 1 aromatic carbocycles. The molecule has 6 heteroatoms. The molecule has 0 spiro atoms. The Bertz CT molecular complexity index is 604. The molecule has 18 heavy (non-hydrogen) atoms. The zero-order valence-electron chi connectivity index (χ0n) is 8.95. The Morgan fingerprint density at radius 2 is 2.06 bits per heavy atom. The van der Waals surface area contributed by atoms with E-state index in [-0.39, 0.29) is 5.56 Å². The lowest BCUT2D eigenvalue weighted by Gasteiger charge is -2.08. The number of nitrogens with zero attached hydrogens (tertiary/aromatic N) is 1. The van der Waals surface area contributed by atoms with E-state index in [1.807, 2.05) is 6.07 Å². The summed E-state index contributed by atoms with van der Waals surface area (Å²) >= 11 is 6.61. The minimum absolute atomic E-state index is 0.0446. The predicted molar refractivity (Wildman–Crippen MR) is 74.0 cm³/mol. The number of carbonyl (C=O) groups excluding carboxylic acids is 1. The highest BCUT2D eigenvalue weighted by Crippen LogP contribution is 2.26. The van der Waals surface area contributed by atoms with E-state index in [4.69, 9.17) is 0 Å². The van der Waals surface area contributed by atoms with Crippen molar-refractivity contribution in [2.75, 3.05) is 5.32 Å². The number of hydrogen-bond donors (Lipinski definition) is 1. The molecule has 1 aromatic heterocycles. The fraction of sp³-hybridized carbons (Fsp3) is 0. The van der Waals surface area contributed by atoms with Gasteiger partial charge in [-0.1, -0.05) is 15.9 Å². The molecule has 0 bridgehead atoms. The molecule has 1 amide bonds. The molecule has 92 valence electrons. The summed E-state index contributed by atoms with van der Waals surface area (Å²) in [5.41, 5.74) is 0.516. The van der Waals surface area contributed by atoms with Crippen molar-refractivity contribution < 1.29 is 9.18 Å². The first-order chi connectivity index (χ1) is 8.58. The van der Waals surface area contributed by atoms with Crippen molar-refractivity contribution in [2.24, 2.45) is 0 Å². The molecular weight excluding hydrogens is 367 g/mol. The van der Waals surface area contributed by atoms with Gasteiger partial charge >= 0.3 is 0 Å². The van der Waals surface area contributed by atoms with E-state index in [1.165, 1.54) is 12.3 Å². The topological polar surface area (TPSA) is 42.0 Å². The average Bonchev–Trinajstić information content (AvgIpc) is 2.34. The first-order valence-corrected chi connectivity index (χ1v) is 6.52. The van der Waals surface area contributed by atoms with E-state index in [0.29, 0.717) is 10.2 Å². The van der Waals surface area contributed by atoms with Crippen LogP contribution in [0, 0.1) is 5.82 Å². The van der Waals surface area contributed by atoms with Gasteiger partial charge in [0.25, 0.3) is 5.91 Å². The van der Waals surface area contributed by atoms with Crippen molar-refractivity contribution in [1.29, 1.82) is 0 Å². The van der Waals surface area contributed by atoms with Crippen LogP contribution in [0.2, 0.25) is 0 Å². The van der Waals surface area contributed by atoms with Crippen LogP contribution in [0.3, 0.4) is 0 Å². The second-order valence-corrected chi connectivity index (χ2v) is 5.20. The predicted octanol–water partition coefficient (Wildman–Crippen LogP) is 4.00. The number of anilines is 1. The number of halogens is 3. The number of hydrogen-bond acceptors (Lipinski definition) is 2. The van der Waals surface area contributed by atoms with Crippen molar-refractivity contribution in [3.05, 3.63) is 57.0 Å². The Balaban J connectivity index is 2.27. The summed E-state index contributed by atoms with van der Waals surface area (Å²) in [7, 11) is 0. The number of pyridine rings is 1. The van der Waals surface area contributed by atoms with Crippen molar-refractivity contribution >= 4 is 43.5 Å². The Hall–Kier alpha value is -1.27. The van der Waals surface area contributed by atoms with E-state index >= 15 is 0 Å². The molecule has 2 aromatic rings. The van der Waals surface area contributed by atoms with Gasteiger partial charge in [0.1, 0.15) is 0 Å². The molecule has 1 N–H and O–H groups in total. The first kappa shape index (κ1) is 13.2. The quantitative estimate of drug-likeness (QED) is 0.864. The lowest BCUT2D eigenvalue weighted by Crippen LogP contribution is -2.14. The summed E-state index contributed by atoms with van der Waals surface area (Å²) in [6.07, 6.45) is 2.37. The highest BCUT2D eigenvalue weighted by Gasteiger charge is 2.12. The van der Waals surface area contributed by atoms with Gasteiger partial charge in [-0.05, 0) is 40.2 Å². The van der Waals surface area contributed by atoms with Gasteiger partial charge in [0.05, 0.1) is 17.4 Å². The minimum atomic E-state index is -0.652. The molecule has 0 saturated carbocycles. The number of benzene rings is 1. The van der Waals surface area contributed by atoms with Crippen LogP contribution in [-0.2, 0) is 0 Å². The maximum absolute atomic E-state index is 13.4. The summed E-state index contributed by atoms with van der Waals surface area (Å²) in [5, 5.41) is 2.62. The van der Waals surface area contributed by atoms with Gasteiger partial charge in [-0.3, -0.25) is 9.78 Å². The molecule has 0 radical (unpaired) electrons. The maximum Gasteiger partial charge on any atom is 0.258 e. The van der Waals surface area contributed by atoms with Gasteiger partial charge in [-0.25, -0.2) is 4.39 Å². The second kappa shape index (κ2) is 5.58. The summed E-state index contributed by atoms with van der Waals surface area (Å²) < 4.78 is 14.9. The van der Waals surface area contributed by atoms with Crippen LogP contribution < -0.4 is 5.32 Å². The largest absolute Gasteiger partial charge is 0.321 e. The van der Waals surface area contributed by atoms with Gasteiger partial charge in [-0.15, -0.1) is 0 Å². The monoisotopic (exact) mass is 372 g/mol. The molecule has 0 aliphatic heterocycles. The van der Waals surface area contributed by atoms with Crippen LogP contribution in [0.25, 0.3) is 0 Å². The van der Waals surface area contributed by atoms with Crippen molar-refractivity contribution in [2.45, 2.75) is 0 Å². The summed E-state index contributed by atoms with van der Waals surface area (Å²) in [6.45, 7) is 0. The zero-order valence-corrected chi connectivity index (χ0v) is 12.1. The van der Waals surface area contributed by atoms with Crippen LogP contribution >= 0.6 is 31.9 Å². The first-order valence-electron chi connectivity index (χ1n) is 4.94. The van der Waals surface area contributed by atoms with Crippen molar-refractivity contribution in [1.82, 2.24) is 4.98 Å². The molecule has 3 nitrogen and oxygen atoms in total. The summed E-state index contributed by atoms with van der Waals surface area (Å²) in [6, 6.07) is 6.66. The van der Waals surface area contributed by atoms with Gasteiger partial charge in [0, 0.05) is 15.1 Å². The Morgan fingerprint density at radius 3 is 2.78 bits per heavy atom. The number of aromatic nitrogens is 1. The fourth-order valence-corrected chi connectivity index (χ4v) is 2.05. The number of carbonyl (C=O) groups is 1. The lowest BCUT2D eigenvalue weighted by atomic mass is 10.2. The molecular formula is C12H7Br2FN2O. The minimum Gasteiger partial charge on any atom is -0.321 e. The zero-order chi connectivity index (χ0) is 13.1. The van der Waals surface area contributed by atoms with Crippen LogP contribution in [0.4, 0.5) is 10.1 Å². The lowest BCUT2D eigenvalue weighted by molar-refractivity contribution is 0.102. The second-order valence-electron chi connectivity index (χ2n) is 3.43. The van der Waals surface area contributed by atoms with Crippen LogP contribution in [0.5, 0.6) is 0 Å². The van der Waals surface area contributed by atoms with Crippen molar-refractivity contribution in [3.63, 3.8) is 0 Å². The number of rotatable bonds is 2. The molecule has 0 unspecified atom stereocenters. The third kappa shape index (κ3) is 2.94. The van der Waals surface area contributed by atoms with Gasteiger partial charge < -0.3 is 5.32 Å². The SMILES string of the molecule is O=C(Nc1cc(Br)ccc1Br)c1ccncc1F. The van der Waals surface area contributed by atoms with E-state index in [1.54, 1.807) is 12.1 Å². The van der Waals surface area contributed by atoms with E-state index in [2.05, 4.69) is 42.2 Å². The van der Waals surface area contributed by atoms with Crippen molar-refractivity contribution in [3.8, 4) is 0 Å². The van der Waals surface area contributed by atoms with Crippen LogP contribution in [0.1, 0.15) is 10.4 Å². The Morgan fingerprint density at radius 1 is 1.28 bits per heavy atom. The van der Waals surface area contributed by atoms with Gasteiger partial charge in [0.2, 0.25) is 0 Å². The Kier molecular flexibility index (Phi) is 4.08. The molecule has 0 atom stereocenters. The third-order valence-electron chi connectivity index (χ3n) is 2.19. The highest BCUT2D eigenvalue weighted by atomic mass is 79.9. The summed E-state index contributed by atoms with van der Waals surface area (Å²) in [5.74, 6) is -1.17. The summed E-state index contributed by atoms with van der Waals surface area (Å²) in [4.78, 5) is 15.5. The van der Waals surface area contributed by atoms with Gasteiger partial charge in [0.15, 0.2) is 5.82 Å². The molecule has 0 fully saturated rings.